The molecule has 7 heteroatoms. The zero-order valence-corrected chi connectivity index (χ0v) is 12.7. The number of hydrogen-bond acceptors (Lipinski definition) is 5. The molecule has 0 radical (unpaired) electrons. The highest BCUT2D eigenvalue weighted by molar-refractivity contribution is 7.17. The van der Waals surface area contributed by atoms with Crippen molar-refractivity contribution in [1.82, 2.24) is 15.5 Å². The van der Waals surface area contributed by atoms with E-state index in [4.69, 9.17) is 16.3 Å². The minimum Gasteiger partial charge on any atom is -0.494 e. The Morgan fingerprint density at radius 1 is 1.40 bits per heavy atom. The molecule has 0 saturated heterocycles. The van der Waals surface area contributed by atoms with Crippen molar-refractivity contribution in [3.05, 3.63) is 39.3 Å². The smallest absolute Gasteiger partial charge is 0.282 e. The van der Waals surface area contributed by atoms with E-state index in [0.29, 0.717) is 6.61 Å². The van der Waals surface area contributed by atoms with Crippen LogP contribution in [0.2, 0.25) is 4.47 Å². The van der Waals surface area contributed by atoms with E-state index in [0.717, 1.165) is 22.6 Å². The third-order valence-electron chi connectivity index (χ3n) is 2.63. The monoisotopic (exact) mass is 311 g/mol. The first-order valence-electron chi connectivity index (χ1n) is 6.12. The lowest BCUT2D eigenvalue weighted by Gasteiger charge is -2.13. The van der Waals surface area contributed by atoms with Crippen LogP contribution in [0.3, 0.4) is 0 Å². The molecule has 1 N–H and O–H groups in total. The van der Waals surface area contributed by atoms with Crippen molar-refractivity contribution in [2.45, 2.75) is 19.9 Å². The molecule has 1 unspecified atom stereocenters. The van der Waals surface area contributed by atoms with Gasteiger partial charge in [-0.15, -0.1) is 10.2 Å². The van der Waals surface area contributed by atoms with Crippen LogP contribution in [0.1, 0.15) is 35.3 Å². The number of hydrogen-bond donors (Lipinski definition) is 1. The molecule has 1 aromatic heterocycles. The second kappa shape index (κ2) is 6.67. The van der Waals surface area contributed by atoms with Crippen LogP contribution in [0.4, 0.5) is 0 Å². The van der Waals surface area contributed by atoms with E-state index in [2.05, 4.69) is 15.5 Å². The van der Waals surface area contributed by atoms with Gasteiger partial charge in [-0.3, -0.25) is 4.79 Å². The molecule has 0 saturated carbocycles. The van der Waals surface area contributed by atoms with Gasteiger partial charge in [0.25, 0.3) is 5.91 Å². The molecule has 0 aliphatic heterocycles. The molecule has 1 aromatic carbocycles. The van der Waals surface area contributed by atoms with Crippen molar-refractivity contribution in [3.63, 3.8) is 0 Å². The molecule has 1 atom stereocenters. The molecule has 5 nitrogen and oxygen atoms in total. The molecule has 2 rings (SSSR count). The van der Waals surface area contributed by atoms with E-state index in [1.54, 1.807) is 0 Å². The number of nitrogens with one attached hydrogen (secondary N) is 1. The summed E-state index contributed by atoms with van der Waals surface area (Å²) in [6, 6.07) is 7.46. The van der Waals surface area contributed by atoms with Gasteiger partial charge in [0.1, 0.15) is 5.75 Å². The molecule has 106 valence electrons. The Kier molecular flexibility index (Phi) is 4.92. The van der Waals surface area contributed by atoms with Crippen molar-refractivity contribution < 1.29 is 9.53 Å². The highest BCUT2D eigenvalue weighted by Crippen LogP contribution is 2.19. The number of benzene rings is 1. The molecular formula is C13H14ClN3O2S. The summed E-state index contributed by atoms with van der Waals surface area (Å²) in [6.07, 6.45) is 0. The Morgan fingerprint density at radius 2 is 2.10 bits per heavy atom. The number of ether oxygens (including phenoxy) is 1. The molecule has 0 bridgehead atoms. The number of aromatic nitrogens is 2. The minimum absolute atomic E-state index is 0.138. The van der Waals surface area contributed by atoms with Crippen LogP contribution in [0.25, 0.3) is 0 Å². The Labute approximate surface area is 125 Å². The Hall–Kier alpha value is -1.66. The molecule has 0 aliphatic rings. The number of halogens is 1. The SMILES string of the molecule is CCOc1ccc(C(C)NC(=O)c2nnc(Cl)s2)cc1. The van der Waals surface area contributed by atoms with Crippen LogP contribution in [-0.4, -0.2) is 22.7 Å². The largest absolute Gasteiger partial charge is 0.494 e. The summed E-state index contributed by atoms with van der Waals surface area (Å²) in [5.74, 6) is 0.529. The molecule has 20 heavy (non-hydrogen) atoms. The third-order valence-corrected chi connectivity index (χ3v) is 3.65. The first-order chi connectivity index (χ1) is 9.60. The van der Waals surface area contributed by atoms with Crippen LogP contribution in [0.15, 0.2) is 24.3 Å². The topological polar surface area (TPSA) is 64.1 Å². The van der Waals surface area contributed by atoms with Gasteiger partial charge in [-0.05, 0) is 43.1 Å². The first kappa shape index (κ1) is 14.7. The standard InChI is InChI=1S/C13H14ClN3O2S/c1-3-19-10-6-4-9(5-7-10)8(2)15-11(18)12-16-17-13(14)20-12/h4-8H,3H2,1-2H3,(H,15,18). The van der Waals surface area contributed by atoms with E-state index in [9.17, 15) is 4.79 Å². The zero-order chi connectivity index (χ0) is 14.5. The first-order valence-corrected chi connectivity index (χ1v) is 7.32. The van der Waals surface area contributed by atoms with Crippen LogP contribution in [-0.2, 0) is 0 Å². The van der Waals surface area contributed by atoms with Gasteiger partial charge in [0, 0.05) is 0 Å². The maximum atomic E-state index is 11.9. The predicted octanol–water partition coefficient (Wildman–Crippen LogP) is 3.08. The number of carbonyl (C=O) groups excluding carboxylic acids is 1. The van der Waals surface area contributed by atoms with Crippen LogP contribution >= 0.6 is 22.9 Å². The van der Waals surface area contributed by atoms with Crippen LogP contribution < -0.4 is 10.1 Å². The highest BCUT2D eigenvalue weighted by atomic mass is 35.5. The quantitative estimate of drug-likeness (QED) is 0.921. The average molecular weight is 312 g/mol. The van der Waals surface area contributed by atoms with Gasteiger partial charge in [0.05, 0.1) is 12.6 Å². The molecule has 0 spiro atoms. The van der Waals surface area contributed by atoms with Gasteiger partial charge in [-0.1, -0.05) is 23.5 Å². The Morgan fingerprint density at radius 3 is 2.65 bits per heavy atom. The molecular weight excluding hydrogens is 298 g/mol. The summed E-state index contributed by atoms with van der Waals surface area (Å²) >= 11 is 6.71. The van der Waals surface area contributed by atoms with E-state index in [1.807, 2.05) is 38.1 Å². The number of amides is 1. The van der Waals surface area contributed by atoms with Gasteiger partial charge in [-0.25, -0.2) is 0 Å². The number of nitrogens with zero attached hydrogens (tertiary/aromatic N) is 2. The van der Waals surface area contributed by atoms with Crippen molar-refractivity contribution in [1.29, 1.82) is 0 Å². The van der Waals surface area contributed by atoms with Gasteiger partial charge in [-0.2, -0.15) is 0 Å². The predicted molar refractivity (Wildman–Crippen MR) is 78.4 cm³/mol. The van der Waals surface area contributed by atoms with Crippen LogP contribution in [0.5, 0.6) is 5.75 Å². The lowest BCUT2D eigenvalue weighted by atomic mass is 10.1. The lowest BCUT2D eigenvalue weighted by molar-refractivity contribution is 0.0939. The maximum absolute atomic E-state index is 11.9. The third kappa shape index (κ3) is 3.68. The van der Waals surface area contributed by atoms with E-state index in [1.165, 1.54) is 0 Å². The van der Waals surface area contributed by atoms with E-state index < -0.39 is 0 Å². The summed E-state index contributed by atoms with van der Waals surface area (Å²) in [7, 11) is 0. The average Bonchev–Trinajstić information content (AvgIpc) is 2.86. The van der Waals surface area contributed by atoms with Gasteiger partial charge >= 0.3 is 0 Å². The van der Waals surface area contributed by atoms with Crippen molar-refractivity contribution in [2.24, 2.45) is 0 Å². The Bertz CT molecular complexity index is 586. The second-order valence-corrected chi connectivity index (χ2v) is 5.62. The lowest BCUT2D eigenvalue weighted by Crippen LogP contribution is -2.26. The summed E-state index contributed by atoms with van der Waals surface area (Å²) < 4.78 is 5.63. The second-order valence-electron chi connectivity index (χ2n) is 4.06. The Balaban J connectivity index is 2.00. The summed E-state index contributed by atoms with van der Waals surface area (Å²) in [6.45, 7) is 4.46. The zero-order valence-electron chi connectivity index (χ0n) is 11.1. The minimum atomic E-state index is -0.282. The summed E-state index contributed by atoms with van der Waals surface area (Å²) in [5.41, 5.74) is 0.984. The number of rotatable bonds is 5. The summed E-state index contributed by atoms with van der Waals surface area (Å²) in [5, 5.41) is 10.4. The molecule has 0 aliphatic carbocycles. The van der Waals surface area contributed by atoms with Gasteiger partial charge < -0.3 is 10.1 Å². The fourth-order valence-electron chi connectivity index (χ4n) is 1.66. The normalized spacial score (nSPS) is 11.9. The van der Waals surface area contributed by atoms with Gasteiger partial charge in [0.2, 0.25) is 9.47 Å². The highest BCUT2D eigenvalue weighted by Gasteiger charge is 2.15. The van der Waals surface area contributed by atoms with Crippen molar-refractivity contribution in [2.75, 3.05) is 6.61 Å². The van der Waals surface area contributed by atoms with Crippen LogP contribution in [0, 0.1) is 0 Å². The van der Waals surface area contributed by atoms with Crippen molar-refractivity contribution in [3.8, 4) is 5.75 Å². The molecule has 0 fully saturated rings. The van der Waals surface area contributed by atoms with E-state index >= 15 is 0 Å². The summed E-state index contributed by atoms with van der Waals surface area (Å²) in [4.78, 5) is 11.9. The number of carbonyl (C=O) groups is 1. The van der Waals surface area contributed by atoms with Gasteiger partial charge in [0.15, 0.2) is 0 Å². The maximum Gasteiger partial charge on any atom is 0.282 e. The van der Waals surface area contributed by atoms with E-state index in [-0.39, 0.29) is 21.4 Å². The fraction of sp³-hybridized carbons (Fsp3) is 0.308. The molecule has 1 heterocycles. The molecule has 2 aromatic rings. The molecule has 1 amide bonds. The van der Waals surface area contributed by atoms with Crippen molar-refractivity contribution >= 4 is 28.8 Å². The fourth-order valence-corrected chi connectivity index (χ4v) is 2.39.